The number of ether oxygens (including phenoxy) is 1. The van der Waals surface area contributed by atoms with Crippen molar-refractivity contribution in [3.8, 4) is 11.5 Å². The Balaban J connectivity index is 2.20. The highest BCUT2D eigenvalue weighted by molar-refractivity contribution is 5.39. The Hall–Kier alpha value is -2.17. The van der Waals surface area contributed by atoms with Gasteiger partial charge in [0.15, 0.2) is 0 Å². The van der Waals surface area contributed by atoms with E-state index in [9.17, 15) is 18.3 Å². The first kappa shape index (κ1) is 15.2. The second-order valence-corrected chi connectivity index (χ2v) is 4.93. The van der Waals surface area contributed by atoms with Gasteiger partial charge in [0.2, 0.25) is 0 Å². The molecule has 0 saturated heterocycles. The lowest BCUT2D eigenvalue weighted by molar-refractivity contribution is -0.137. The van der Waals surface area contributed by atoms with Gasteiger partial charge in [-0.1, -0.05) is 23.8 Å². The van der Waals surface area contributed by atoms with Gasteiger partial charge in [0.05, 0.1) is 5.56 Å². The number of phenolic OH excluding ortho intramolecular Hbond substituents is 1. The molecule has 21 heavy (non-hydrogen) atoms. The van der Waals surface area contributed by atoms with Gasteiger partial charge in [-0.05, 0) is 37.1 Å². The van der Waals surface area contributed by atoms with Gasteiger partial charge >= 0.3 is 6.18 Å². The van der Waals surface area contributed by atoms with Crippen molar-refractivity contribution in [2.24, 2.45) is 0 Å². The summed E-state index contributed by atoms with van der Waals surface area (Å²) in [6.45, 7) is 3.98. The average molecular weight is 296 g/mol. The number of benzene rings is 2. The molecule has 0 aromatic heterocycles. The van der Waals surface area contributed by atoms with Crippen LogP contribution in [0.25, 0.3) is 0 Å². The van der Waals surface area contributed by atoms with Gasteiger partial charge in [0, 0.05) is 6.07 Å². The molecule has 0 aliphatic rings. The van der Waals surface area contributed by atoms with Crippen LogP contribution in [0.4, 0.5) is 13.2 Å². The Morgan fingerprint density at radius 2 is 1.76 bits per heavy atom. The van der Waals surface area contributed by atoms with Crippen LogP contribution < -0.4 is 4.74 Å². The number of aryl methyl sites for hydroxylation is 2. The number of alkyl halides is 3. The fraction of sp³-hybridized carbons (Fsp3) is 0.250. The zero-order chi connectivity index (χ0) is 15.6. The number of phenols is 1. The van der Waals surface area contributed by atoms with Crippen LogP contribution in [0.2, 0.25) is 0 Å². The SMILES string of the molecule is Cc1ccc(C)c(COc2cc(O)cc(C(F)(F)F)c2)c1. The molecule has 112 valence electrons. The highest BCUT2D eigenvalue weighted by atomic mass is 19.4. The Morgan fingerprint density at radius 1 is 1.05 bits per heavy atom. The van der Waals surface area contributed by atoms with Crippen LogP contribution in [-0.2, 0) is 12.8 Å². The third kappa shape index (κ3) is 3.90. The minimum atomic E-state index is -4.52. The third-order valence-corrected chi connectivity index (χ3v) is 3.12. The molecule has 2 aromatic carbocycles. The van der Waals surface area contributed by atoms with Gasteiger partial charge in [0.1, 0.15) is 18.1 Å². The fourth-order valence-corrected chi connectivity index (χ4v) is 1.95. The van der Waals surface area contributed by atoms with Gasteiger partial charge in [-0.15, -0.1) is 0 Å². The molecule has 0 radical (unpaired) electrons. The van der Waals surface area contributed by atoms with Crippen molar-refractivity contribution in [1.82, 2.24) is 0 Å². The van der Waals surface area contributed by atoms with Crippen LogP contribution >= 0.6 is 0 Å². The molecule has 0 unspecified atom stereocenters. The van der Waals surface area contributed by atoms with Crippen molar-refractivity contribution in [3.63, 3.8) is 0 Å². The van der Waals surface area contributed by atoms with E-state index >= 15 is 0 Å². The zero-order valence-electron chi connectivity index (χ0n) is 11.7. The van der Waals surface area contributed by atoms with Gasteiger partial charge in [-0.25, -0.2) is 0 Å². The second-order valence-electron chi connectivity index (χ2n) is 4.93. The molecule has 0 atom stereocenters. The number of aromatic hydroxyl groups is 1. The molecule has 0 heterocycles. The molecular formula is C16H15F3O2. The molecule has 0 bridgehead atoms. The molecule has 2 rings (SSSR count). The van der Waals surface area contributed by atoms with E-state index in [0.29, 0.717) is 6.07 Å². The summed E-state index contributed by atoms with van der Waals surface area (Å²) in [6, 6.07) is 8.52. The third-order valence-electron chi connectivity index (χ3n) is 3.12. The van der Waals surface area contributed by atoms with E-state index in [1.54, 1.807) is 0 Å². The summed E-state index contributed by atoms with van der Waals surface area (Å²) < 4.78 is 43.4. The van der Waals surface area contributed by atoms with Crippen LogP contribution in [-0.4, -0.2) is 5.11 Å². The van der Waals surface area contributed by atoms with E-state index in [0.717, 1.165) is 22.8 Å². The number of rotatable bonds is 3. The minimum Gasteiger partial charge on any atom is -0.508 e. The van der Waals surface area contributed by atoms with Crippen LogP contribution in [0.3, 0.4) is 0 Å². The Morgan fingerprint density at radius 3 is 2.43 bits per heavy atom. The largest absolute Gasteiger partial charge is 0.508 e. The lowest BCUT2D eigenvalue weighted by Gasteiger charge is -2.12. The monoisotopic (exact) mass is 296 g/mol. The summed E-state index contributed by atoms with van der Waals surface area (Å²) in [5, 5.41) is 9.37. The van der Waals surface area contributed by atoms with Crippen molar-refractivity contribution < 1.29 is 23.0 Å². The molecule has 2 aromatic rings. The molecule has 0 spiro atoms. The van der Waals surface area contributed by atoms with Crippen LogP contribution in [0.5, 0.6) is 11.5 Å². The first-order chi connectivity index (χ1) is 9.75. The summed E-state index contributed by atoms with van der Waals surface area (Å²) >= 11 is 0. The maximum Gasteiger partial charge on any atom is 0.416 e. The van der Waals surface area contributed by atoms with Gasteiger partial charge in [-0.3, -0.25) is 0 Å². The lowest BCUT2D eigenvalue weighted by atomic mass is 10.1. The maximum atomic E-state index is 12.7. The van der Waals surface area contributed by atoms with Crippen molar-refractivity contribution in [2.45, 2.75) is 26.6 Å². The van der Waals surface area contributed by atoms with E-state index in [4.69, 9.17) is 4.74 Å². The van der Waals surface area contributed by atoms with Crippen molar-refractivity contribution in [2.75, 3.05) is 0 Å². The molecule has 0 aliphatic heterocycles. The fourth-order valence-electron chi connectivity index (χ4n) is 1.95. The van der Waals surface area contributed by atoms with E-state index in [1.165, 1.54) is 6.07 Å². The van der Waals surface area contributed by atoms with Crippen molar-refractivity contribution >= 4 is 0 Å². The van der Waals surface area contributed by atoms with Gasteiger partial charge < -0.3 is 9.84 Å². The Bertz CT molecular complexity index is 648. The molecule has 5 heteroatoms. The van der Waals surface area contributed by atoms with Crippen molar-refractivity contribution in [1.29, 1.82) is 0 Å². The Kier molecular flexibility index (Phi) is 4.11. The smallest absolute Gasteiger partial charge is 0.416 e. The average Bonchev–Trinajstić information content (AvgIpc) is 2.38. The molecular weight excluding hydrogens is 281 g/mol. The molecule has 1 N–H and O–H groups in total. The van der Waals surface area contributed by atoms with Gasteiger partial charge in [-0.2, -0.15) is 13.2 Å². The predicted molar refractivity (Wildman–Crippen MR) is 73.4 cm³/mol. The summed E-state index contributed by atoms with van der Waals surface area (Å²) in [5.41, 5.74) is 2.01. The highest BCUT2D eigenvalue weighted by Gasteiger charge is 2.31. The zero-order valence-corrected chi connectivity index (χ0v) is 11.7. The topological polar surface area (TPSA) is 29.5 Å². The first-order valence-corrected chi connectivity index (χ1v) is 6.36. The maximum absolute atomic E-state index is 12.7. The predicted octanol–water partition coefficient (Wildman–Crippen LogP) is 4.61. The molecule has 2 nitrogen and oxygen atoms in total. The molecule has 0 fully saturated rings. The van der Waals surface area contributed by atoms with Gasteiger partial charge in [0.25, 0.3) is 0 Å². The normalized spacial score (nSPS) is 11.5. The standard InChI is InChI=1S/C16H15F3O2/c1-10-3-4-11(2)12(5-10)9-21-15-7-13(16(17,18)19)6-14(20)8-15/h3-8,20H,9H2,1-2H3. The summed E-state index contributed by atoms with van der Waals surface area (Å²) in [4.78, 5) is 0. The lowest BCUT2D eigenvalue weighted by Crippen LogP contribution is -2.05. The van der Waals surface area contributed by atoms with E-state index in [-0.39, 0.29) is 12.4 Å². The Labute approximate surface area is 120 Å². The van der Waals surface area contributed by atoms with E-state index < -0.39 is 17.5 Å². The van der Waals surface area contributed by atoms with Crippen LogP contribution in [0.1, 0.15) is 22.3 Å². The highest BCUT2D eigenvalue weighted by Crippen LogP contribution is 2.34. The van der Waals surface area contributed by atoms with E-state index in [1.807, 2.05) is 32.0 Å². The first-order valence-electron chi connectivity index (χ1n) is 6.36. The summed E-state index contributed by atoms with van der Waals surface area (Å²) in [6.07, 6.45) is -4.52. The molecule has 0 amide bonds. The van der Waals surface area contributed by atoms with E-state index in [2.05, 4.69) is 0 Å². The number of hydrogen-bond acceptors (Lipinski definition) is 2. The summed E-state index contributed by atoms with van der Waals surface area (Å²) in [5.74, 6) is -0.482. The second kappa shape index (κ2) is 5.68. The molecule has 0 saturated carbocycles. The quantitative estimate of drug-likeness (QED) is 0.896. The molecule has 0 aliphatic carbocycles. The van der Waals surface area contributed by atoms with Crippen LogP contribution in [0.15, 0.2) is 36.4 Å². The van der Waals surface area contributed by atoms with Crippen molar-refractivity contribution in [3.05, 3.63) is 58.7 Å². The minimum absolute atomic E-state index is 0.0109. The number of halogens is 3. The van der Waals surface area contributed by atoms with Crippen LogP contribution in [0, 0.1) is 13.8 Å². The summed E-state index contributed by atoms with van der Waals surface area (Å²) in [7, 11) is 0. The number of hydrogen-bond donors (Lipinski definition) is 1.